The third kappa shape index (κ3) is 3.76. The SMILES string of the molecule is Cc1ccc(/C=C/C(=O)N2CCC(C3OCCO3)CC2)cc1. The van der Waals surface area contributed by atoms with Gasteiger partial charge in [0.1, 0.15) is 0 Å². The van der Waals surface area contributed by atoms with Crippen LogP contribution in [0.4, 0.5) is 0 Å². The van der Waals surface area contributed by atoms with Gasteiger partial charge in [-0.25, -0.2) is 0 Å². The van der Waals surface area contributed by atoms with Crippen LogP contribution in [0.2, 0.25) is 0 Å². The minimum atomic E-state index is -0.0552. The van der Waals surface area contributed by atoms with Crippen molar-refractivity contribution in [1.29, 1.82) is 0 Å². The molecule has 0 aromatic heterocycles. The Morgan fingerprint density at radius 3 is 2.41 bits per heavy atom. The molecule has 1 aromatic carbocycles. The number of carbonyl (C=O) groups is 1. The van der Waals surface area contributed by atoms with E-state index in [1.165, 1.54) is 5.56 Å². The summed E-state index contributed by atoms with van der Waals surface area (Å²) >= 11 is 0. The second-order valence-electron chi connectivity index (χ2n) is 6.02. The Morgan fingerprint density at radius 1 is 1.14 bits per heavy atom. The normalized spacial score (nSPS) is 20.9. The van der Waals surface area contributed by atoms with Crippen molar-refractivity contribution in [3.63, 3.8) is 0 Å². The molecule has 4 heteroatoms. The van der Waals surface area contributed by atoms with Crippen LogP contribution < -0.4 is 0 Å². The van der Waals surface area contributed by atoms with E-state index in [1.807, 2.05) is 23.1 Å². The molecule has 0 bridgehead atoms. The number of rotatable bonds is 3. The van der Waals surface area contributed by atoms with Gasteiger partial charge in [-0.05, 0) is 31.4 Å². The molecule has 0 N–H and O–H groups in total. The number of ether oxygens (including phenoxy) is 2. The molecule has 1 aromatic rings. The van der Waals surface area contributed by atoms with Crippen molar-refractivity contribution < 1.29 is 14.3 Å². The summed E-state index contributed by atoms with van der Waals surface area (Å²) in [6, 6.07) is 8.16. The standard InChI is InChI=1S/C18H23NO3/c1-14-2-4-15(5-3-14)6-7-17(20)19-10-8-16(9-11-19)18-21-12-13-22-18/h2-7,16,18H,8-13H2,1H3/b7-6+. The van der Waals surface area contributed by atoms with Crippen LogP contribution >= 0.6 is 0 Å². The summed E-state index contributed by atoms with van der Waals surface area (Å²) in [7, 11) is 0. The lowest BCUT2D eigenvalue weighted by atomic mass is 9.96. The highest BCUT2D eigenvalue weighted by atomic mass is 16.7. The van der Waals surface area contributed by atoms with Crippen molar-refractivity contribution in [3.05, 3.63) is 41.5 Å². The van der Waals surface area contributed by atoms with Crippen LogP contribution in [0.15, 0.2) is 30.3 Å². The number of hydrogen-bond donors (Lipinski definition) is 0. The molecular formula is C18H23NO3. The average molecular weight is 301 g/mol. The van der Waals surface area contributed by atoms with Gasteiger partial charge < -0.3 is 14.4 Å². The highest BCUT2D eigenvalue weighted by Crippen LogP contribution is 2.25. The lowest BCUT2D eigenvalue weighted by Crippen LogP contribution is -2.40. The number of likely N-dealkylation sites (tertiary alicyclic amines) is 1. The Labute approximate surface area is 131 Å². The van der Waals surface area contributed by atoms with Gasteiger partial charge in [0.25, 0.3) is 0 Å². The quantitative estimate of drug-likeness (QED) is 0.806. The first-order valence-electron chi connectivity index (χ1n) is 7.99. The summed E-state index contributed by atoms with van der Waals surface area (Å²) in [6.45, 7) is 5.02. The molecule has 22 heavy (non-hydrogen) atoms. The Morgan fingerprint density at radius 2 is 1.77 bits per heavy atom. The highest BCUT2D eigenvalue weighted by Gasteiger charge is 2.31. The van der Waals surface area contributed by atoms with Gasteiger partial charge in [-0.3, -0.25) is 4.79 Å². The van der Waals surface area contributed by atoms with Crippen LogP contribution in [0.5, 0.6) is 0 Å². The summed E-state index contributed by atoms with van der Waals surface area (Å²) in [4.78, 5) is 14.2. The Bertz CT molecular complexity index is 524. The molecule has 1 amide bonds. The molecular weight excluding hydrogens is 278 g/mol. The molecule has 4 nitrogen and oxygen atoms in total. The van der Waals surface area contributed by atoms with E-state index in [9.17, 15) is 4.79 Å². The van der Waals surface area contributed by atoms with E-state index in [2.05, 4.69) is 19.1 Å². The monoisotopic (exact) mass is 301 g/mol. The average Bonchev–Trinajstić information content (AvgIpc) is 3.09. The zero-order valence-electron chi connectivity index (χ0n) is 13.0. The molecule has 0 aliphatic carbocycles. The molecule has 2 aliphatic heterocycles. The van der Waals surface area contributed by atoms with Crippen molar-refractivity contribution in [1.82, 2.24) is 4.90 Å². The first kappa shape index (κ1) is 15.3. The third-order valence-electron chi connectivity index (χ3n) is 4.38. The summed E-state index contributed by atoms with van der Waals surface area (Å²) in [5.41, 5.74) is 2.28. The predicted octanol–water partition coefficient (Wildman–Crippen LogP) is 2.62. The minimum Gasteiger partial charge on any atom is -0.350 e. The molecule has 0 radical (unpaired) electrons. The van der Waals surface area contributed by atoms with Crippen molar-refractivity contribution in [2.45, 2.75) is 26.1 Å². The van der Waals surface area contributed by atoms with E-state index in [0.717, 1.165) is 31.5 Å². The van der Waals surface area contributed by atoms with Crippen molar-refractivity contribution >= 4 is 12.0 Å². The van der Waals surface area contributed by atoms with Crippen LogP contribution in [0, 0.1) is 12.8 Å². The van der Waals surface area contributed by atoms with Crippen LogP contribution in [-0.2, 0) is 14.3 Å². The zero-order chi connectivity index (χ0) is 15.4. The third-order valence-corrected chi connectivity index (χ3v) is 4.38. The number of benzene rings is 1. The minimum absolute atomic E-state index is 0.0552. The topological polar surface area (TPSA) is 38.8 Å². The van der Waals surface area contributed by atoms with E-state index in [4.69, 9.17) is 9.47 Å². The molecule has 118 valence electrons. The van der Waals surface area contributed by atoms with Gasteiger partial charge in [-0.2, -0.15) is 0 Å². The zero-order valence-corrected chi connectivity index (χ0v) is 13.0. The molecule has 2 aliphatic rings. The van der Waals surface area contributed by atoms with Gasteiger partial charge in [0.15, 0.2) is 6.29 Å². The Kier molecular flexibility index (Phi) is 4.90. The van der Waals surface area contributed by atoms with Gasteiger partial charge in [0, 0.05) is 25.1 Å². The van der Waals surface area contributed by atoms with Gasteiger partial charge in [0.05, 0.1) is 13.2 Å². The fraction of sp³-hybridized carbons (Fsp3) is 0.500. The van der Waals surface area contributed by atoms with E-state index in [-0.39, 0.29) is 12.2 Å². The van der Waals surface area contributed by atoms with E-state index >= 15 is 0 Å². The Hall–Kier alpha value is -1.65. The summed E-state index contributed by atoms with van der Waals surface area (Å²) in [6.07, 6.45) is 5.41. The van der Waals surface area contributed by atoms with Gasteiger partial charge in [-0.1, -0.05) is 29.8 Å². The first-order valence-corrected chi connectivity index (χ1v) is 7.99. The molecule has 3 rings (SSSR count). The molecule has 0 saturated carbocycles. The predicted molar refractivity (Wildman–Crippen MR) is 85.2 cm³/mol. The number of nitrogens with zero attached hydrogens (tertiary/aromatic N) is 1. The van der Waals surface area contributed by atoms with E-state index in [1.54, 1.807) is 6.08 Å². The fourth-order valence-electron chi connectivity index (χ4n) is 2.99. The van der Waals surface area contributed by atoms with Gasteiger partial charge >= 0.3 is 0 Å². The van der Waals surface area contributed by atoms with E-state index in [0.29, 0.717) is 19.1 Å². The van der Waals surface area contributed by atoms with Crippen molar-refractivity contribution in [2.75, 3.05) is 26.3 Å². The molecule has 2 heterocycles. The van der Waals surface area contributed by atoms with Crippen LogP contribution in [0.3, 0.4) is 0 Å². The summed E-state index contributed by atoms with van der Waals surface area (Å²) in [5, 5.41) is 0. The lowest BCUT2D eigenvalue weighted by molar-refractivity contribution is -0.131. The van der Waals surface area contributed by atoms with Gasteiger partial charge in [0.2, 0.25) is 5.91 Å². The molecule has 0 atom stereocenters. The maximum atomic E-state index is 12.2. The number of amides is 1. The molecule has 0 unspecified atom stereocenters. The largest absolute Gasteiger partial charge is 0.350 e. The number of piperidine rings is 1. The summed E-state index contributed by atoms with van der Waals surface area (Å²) in [5.74, 6) is 0.514. The van der Waals surface area contributed by atoms with Crippen LogP contribution in [0.25, 0.3) is 6.08 Å². The molecule has 2 fully saturated rings. The number of aryl methyl sites for hydroxylation is 1. The lowest BCUT2D eigenvalue weighted by Gasteiger charge is -2.33. The molecule has 2 saturated heterocycles. The Balaban J connectivity index is 1.50. The second-order valence-corrected chi connectivity index (χ2v) is 6.02. The smallest absolute Gasteiger partial charge is 0.246 e. The van der Waals surface area contributed by atoms with Crippen LogP contribution in [-0.4, -0.2) is 43.4 Å². The highest BCUT2D eigenvalue weighted by molar-refractivity contribution is 5.91. The molecule has 0 spiro atoms. The maximum absolute atomic E-state index is 12.2. The van der Waals surface area contributed by atoms with Crippen LogP contribution in [0.1, 0.15) is 24.0 Å². The van der Waals surface area contributed by atoms with Gasteiger partial charge in [-0.15, -0.1) is 0 Å². The van der Waals surface area contributed by atoms with Crippen molar-refractivity contribution in [2.24, 2.45) is 5.92 Å². The number of hydrogen-bond acceptors (Lipinski definition) is 3. The fourth-order valence-corrected chi connectivity index (χ4v) is 2.99. The van der Waals surface area contributed by atoms with E-state index < -0.39 is 0 Å². The first-order chi connectivity index (χ1) is 10.7. The number of carbonyl (C=O) groups excluding carboxylic acids is 1. The summed E-state index contributed by atoms with van der Waals surface area (Å²) < 4.78 is 11.1. The second kappa shape index (κ2) is 7.07. The van der Waals surface area contributed by atoms with Crippen molar-refractivity contribution in [3.8, 4) is 0 Å². The maximum Gasteiger partial charge on any atom is 0.246 e.